The molecular weight excluding hydrogens is 236 g/mol. The summed E-state index contributed by atoms with van der Waals surface area (Å²) in [6.45, 7) is 6.78. The van der Waals surface area contributed by atoms with Crippen LogP contribution in [0.15, 0.2) is 24.5 Å². The summed E-state index contributed by atoms with van der Waals surface area (Å²) >= 11 is 0. The molecule has 106 valence electrons. The topological polar surface area (TPSA) is 45.4 Å². The molecule has 0 aromatic carbocycles. The van der Waals surface area contributed by atoms with Gasteiger partial charge in [-0.25, -0.2) is 0 Å². The maximum Gasteiger partial charge on any atom is 0.0509 e. The average Bonchev–Trinajstić information content (AvgIpc) is 2.90. The summed E-state index contributed by atoms with van der Waals surface area (Å²) in [5, 5.41) is 0. The third-order valence-corrected chi connectivity index (χ3v) is 3.97. The van der Waals surface area contributed by atoms with E-state index in [1.807, 2.05) is 18.5 Å². The van der Waals surface area contributed by atoms with E-state index >= 15 is 0 Å². The van der Waals surface area contributed by atoms with Gasteiger partial charge >= 0.3 is 0 Å². The van der Waals surface area contributed by atoms with Gasteiger partial charge in [0.1, 0.15) is 0 Å². The summed E-state index contributed by atoms with van der Waals surface area (Å²) in [7, 11) is 2.16. The Kier molecular flexibility index (Phi) is 5.31. The molecule has 19 heavy (non-hydrogen) atoms. The lowest BCUT2D eigenvalue weighted by Crippen LogP contribution is -2.40. The molecule has 4 nitrogen and oxygen atoms in total. The quantitative estimate of drug-likeness (QED) is 0.844. The van der Waals surface area contributed by atoms with Gasteiger partial charge in [0.15, 0.2) is 0 Å². The first-order chi connectivity index (χ1) is 9.18. The van der Waals surface area contributed by atoms with Crippen molar-refractivity contribution in [3.05, 3.63) is 30.1 Å². The second-order valence-corrected chi connectivity index (χ2v) is 5.62. The summed E-state index contributed by atoms with van der Waals surface area (Å²) in [6.07, 6.45) is 6.44. The van der Waals surface area contributed by atoms with E-state index in [1.54, 1.807) is 0 Å². The summed E-state index contributed by atoms with van der Waals surface area (Å²) < 4.78 is 0. The number of aromatic nitrogens is 1. The highest BCUT2D eigenvalue weighted by Crippen LogP contribution is 2.21. The van der Waals surface area contributed by atoms with Crippen LogP contribution in [0.25, 0.3) is 0 Å². The molecule has 2 rings (SSSR count). The smallest absolute Gasteiger partial charge is 0.0509 e. The Bertz CT molecular complexity index is 360. The second-order valence-electron chi connectivity index (χ2n) is 5.62. The van der Waals surface area contributed by atoms with E-state index in [1.165, 1.54) is 31.5 Å². The van der Waals surface area contributed by atoms with Gasteiger partial charge in [-0.05, 0) is 51.5 Å². The van der Waals surface area contributed by atoms with Gasteiger partial charge in [-0.15, -0.1) is 0 Å². The molecule has 2 N–H and O–H groups in total. The summed E-state index contributed by atoms with van der Waals surface area (Å²) in [6, 6.07) is 4.45. The number of likely N-dealkylation sites (N-methyl/N-ethyl adjacent to an activating group) is 1. The number of pyridine rings is 1. The SMILES string of the molecule is CC(N)C(c1cccnc1)N(C)CCN1CCCC1. The number of likely N-dealkylation sites (tertiary alicyclic amines) is 1. The van der Waals surface area contributed by atoms with Crippen LogP contribution in [-0.4, -0.2) is 54.1 Å². The first-order valence-corrected chi connectivity index (χ1v) is 7.26. The van der Waals surface area contributed by atoms with Crippen molar-refractivity contribution in [2.45, 2.75) is 31.8 Å². The predicted molar refractivity (Wildman–Crippen MR) is 78.9 cm³/mol. The second kappa shape index (κ2) is 6.98. The van der Waals surface area contributed by atoms with Crippen molar-refractivity contribution >= 4 is 0 Å². The molecule has 0 radical (unpaired) electrons. The number of hydrogen-bond donors (Lipinski definition) is 1. The molecule has 1 aliphatic heterocycles. The molecule has 4 heteroatoms. The Hall–Kier alpha value is -0.970. The molecule has 1 aromatic rings. The summed E-state index contributed by atoms with van der Waals surface area (Å²) in [5.74, 6) is 0. The van der Waals surface area contributed by atoms with E-state index in [2.05, 4.69) is 34.8 Å². The van der Waals surface area contributed by atoms with Crippen molar-refractivity contribution in [2.75, 3.05) is 33.2 Å². The lowest BCUT2D eigenvalue weighted by Gasteiger charge is -2.32. The maximum absolute atomic E-state index is 6.17. The Morgan fingerprint density at radius 2 is 2.16 bits per heavy atom. The van der Waals surface area contributed by atoms with Crippen LogP contribution in [0, 0.1) is 0 Å². The zero-order valence-electron chi connectivity index (χ0n) is 12.1. The molecule has 0 saturated carbocycles. The van der Waals surface area contributed by atoms with Crippen LogP contribution < -0.4 is 5.73 Å². The standard InChI is InChI=1S/C15H26N4/c1-13(16)15(14-6-5-7-17-12-14)18(2)10-11-19-8-3-4-9-19/h5-7,12-13,15H,3-4,8-11,16H2,1-2H3. The predicted octanol–water partition coefficient (Wildman–Crippen LogP) is 1.50. The van der Waals surface area contributed by atoms with Crippen molar-refractivity contribution < 1.29 is 0 Å². The lowest BCUT2D eigenvalue weighted by atomic mass is 10.0. The van der Waals surface area contributed by atoms with Crippen molar-refractivity contribution in [3.63, 3.8) is 0 Å². The van der Waals surface area contributed by atoms with E-state index in [9.17, 15) is 0 Å². The largest absolute Gasteiger partial charge is 0.326 e. The first-order valence-electron chi connectivity index (χ1n) is 7.26. The van der Waals surface area contributed by atoms with Gasteiger partial charge in [-0.1, -0.05) is 6.07 Å². The highest BCUT2D eigenvalue weighted by molar-refractivity contribution is 5.15. The van der Waals surface area contributed by atoms with Gasteiger partial charge in [0.05, 0.1) is 6.04 Å². The third kappa shape index (κ3) is 4.00. The van der Waals surface area contributed by atoms with Crippen LogP contribution in [0.1, 0.15) is 31.4 Å². The number of hydrogen-bond acceptors (Lipinski definition) is 4. The van der Waals surface area contributed by atoms with E-state index in [0.717, 1.165) is 13.1 Å². The van der Waals surface area contributed by atoms with E-state index in [4.69, 9.17) is 5.73 Å². The Morgan fingerprint density at radius 3 is 2.74 bits per heavy atom. The zero-order valence-corrected chi connectivity index (χ0v) is 12.1. The summed E-state index contributed by atoms with van der Waals surface area (Å²) in [5.41, 5.74) is 7.38. The van der Waals surface area contributed by atoms with Gasteiger partial charge in [0, 0.05) is 31.5 Å². The average molecular weight is 262 g/mol. The van der Waals surface area contributed by atoms with Gasteiger partial charge in [-0.2, -0.15) is 0 Å². The molecule has 0 amide bonds. The van der Waals surface area contributed by atoms with Crippen molar-refractivity contribution in [3.8, 4) is 0 Å². The lowest BCUT2D eigenvalue weighted by molar-refractivity contribution is 0.188. The fourth-order valence-electron chi connectivity index (χ4n) is 2.95. The third-order valence-electron chi connectivity index (χ3n) is 3.97. The van der Waals surface area contributed by atoms with E-state index < -0.39 is 0 Å². The Morgan fingerprint density at radius 1 is 1.42 bits per heavy atom. The van der Waals surface area contributed by atoms with Crippen LogP contribution in [0.4, 0.5) is 0 Å². The van der Waals surface area contributed by atoms with Crippen molar-refractivity contribution in [1.82, 2.24) is 14.8 Å². The number of nitrogens with two attached hydrogens (primary N) is 1. The maximum atomic E-state index is 6.17. The number of rotatable bonds is 6. The Balaban J connectivity index is 1.94. The van der Waals surface area contributed by atoms with Crippen LogP contribution >= 0.6 is 0 Å². The molecule has 2 heterocycles. The normalized spacial score (nSPS) is 19.8. The first kappa shape index (κ1) is 14.4. The minimum absolute atomic E-state index is 0.104. The van der Waals surface area contributed by atoms with Gasteiger partial charge in [-0.3, -0.25) is 9.88 Å². The highest BCUT2D eigenvalue weighted by Gasteiger charge is 2.22. The molecule has 1 saturated heterocycles. The van der Waals surface area contributed by atoms with E-state index in [0.29, 0.717) is 0 Å². The number of nitrogens with zero attached hydrogens (tertiary/aromatic N) is 3. The minimum Gasteiger partial charge on any atom is -0.326 e. The van der Waals surface area contributed by atoms with Crippen LogP contribution in [0.2, 0.25) is 0 Å². The zero-order chi connectivity index (χ0) is 13.7. The van der Waals surface area contributed by atoms with E-state index in [-0.39, 0.29) is 12.1 Å². The molecule has 1 fully saturated rings. The summed E-state index contributed by atoms with van der Waals surface area (Å²) in [4.78, 5) is 9.12. The van der Waals surface area contributed by atoms with Crippen molar-refractivity contribution in [1.29, 1.82) is 0 Å². The minimum atomic E-state index is 0.104. The molecule has 0 bridgehead atoms. The fourth-order valence-corrected chi connectivity index (χ4v) is 2.95. The van der Waals surface area contributed by atoms with Gasteiger partial charge in [0.25, 0.3) is 0 Å². The molecular formula is C15H26N4. The monoisotopic (exact) mass is 262 g/mol. The highest BCUT2D eigenvalue weighted by atomic mass is 15.2. The fraction of sp³-hybridized carbons (Fsp3) is 0.667. The van der Waals surface area contributed by atoms with Gasteiger partial charge in [0.2, 0.25) is 0 Å². The molecule has 1 aromatic heterocycles. The van der Waals surface area contributed by atoms with Crippen LogP contribution in [0.3, 0.4) is 0 Å². The van der Waals surface area contributed by atoms with Crippen LogP contribution in [0.5, 0.6) is 0 Å². The van der Waals surface area contributed by atoms with Crippen LogP contribution in [-0.2, 0) is 0 Å². The molecule has 2 unspecified atom stereocenters. The molecule has 1 aliphatic rings. The molecule has 0 spiro atoms. The van der Waals surface area contributed by atoms with Gasteiger partial charge < -0.3 is 10.6 Å². The Labute approximate surface area is 116 Å². The molecule has 0 aliphatic carbocycles. The molecule has 2 atom stereocenters. The van der Waals surface area contributed by atoms with Crippen molar-refractivity contribution in [2.24, 2.45) is 5.73 Å².